The van der Waals surface area contributed by atoms with Crippen LogP contribution in [0.2, 0.25) is 0 Å². The van der Waals surface area contributed by atoms with Gasteiger partial charge in [-0.15, -0.1) is 0 Å². The normalized spacial score (nSPS) is 11.3. The molecule has 116 valence electrons. The number of carbonyl (C=O) groups is 1. The lowest BCUT2D eigenvalue weighted by molar-refractivity contribution is 0.210. The van der Waals surface area contributed by atoms with Gasteiger partial charge in [0.2, 0.25) is 0 Å². The van der Waals surface area contributed by atoms with Crippen molar-refractivity contribution in [1.29, 1.82) is 0 Å². The first kappa shape index (κ1) is 15.8. The Kier molecular flexibility index (Phi) is 4.07. The molecule has 0 bridgehead atoms. The van der Waals surface area contributed by atoms with Crippen molar-refractivity contribution in [3.63, 3.8) is 0 Å². The number of benzene rings is 1. The Morgan fingerprint density at radius 2 is 1.95 bits per heavy atom. The van der Waals surface area contributed by atoms with Gasteiger partial charge in [0.25, 0.3) is 0 Å². The second kappa shape index (κ2) is 5.67. The summed E-state index contributed by atoms with van der Waals surface area (Å²) in [6.07, 6.45) is 0.358. The lowest BCUT2D eigenvalue weighted by Gasteiger charge is -2.16. The summed E-state index contributed by atoms with van der Waals surface area (Å²) in [4.78, 5) is 23.2. The second-order valence-corrected chi connectivity index (χ2v) is 5.90. The Morgan fingerprint density at radius 1 is 1.27 bits per heavy atom. The van der Waals surface area contributed by atoms with Crippen LogP contribution in [0.4, 0.5) is 9.18 Å². The van der Waals surface area contributed by atoms with Crippen LogP contribution in [0.5, 0.6) is 5.75 Å². The predicted molar refractivity (Wildman–Crippen MR) is 78.9 cm³/mol. The van der Waals surface area contributed by atoms with Crippen molar-refractivity contribution in [3.05, 3.63) is 35.7 Å². The van der Waals surface area contributed by atoms with Crippen molar-refractivity contribution >= 4 is 6.09 Å². The predicted octanol–water partition coefficient (Wildman–Crippen LogP) is 2.74. The third-order valence-corrected chi connectivity index (χ3v) is 2.96. The fourth-order valence-corrected chi connectivity index (χ4v) is 1.84. The molecule has 2 N–H and O–H groups in total. The van der Waals surface area contributed by atoms with Crippen LogP contribution in [0.1, 0.15) is 32.2 Å². The van der Waals surface area contributed by atoms with E-state index in [1.165, 1.54) is 12.4 Å². The molecule has 7 heteroatoms. The summed E-state index contributed by atoms with van der Waals surface area (Å²) in [6, 6.07) is 2.60. The number of carbonyl (C=O) groups excluding carboxylic acids is 1. The van der Waals surface area contributed by atoms with Gasteiger partial charge >= 0.3 is 6.09 Å². The van der Waals surface area contributed by atoms with Gasteiger partial charge in [-0.3, -0.25) is 0 Å². The van der Waals surface area contributed by atoms with Gasteiger partial charge in [0.05, 0.1) is 5.56 Å². The molecule has 1 amide bonds. The minimum atomic E-state index is -0.995. The maximum Gasteiger partial charge on any atom is 0.409 e. The number of halogens is 1. The number of rotatable bonds is 2. The van der Waals surface area contributed by atoms with Crippen LogP contribution in [0.15, 0.2) is 18.5 Å². The average molecular weight is 304 g/mol. The molecular weight excluding hydrogens is 287 g/mol. The van der Waals surface area contributed by atoms with Crippen LogP contribution in [-0.2, 0) is 5.41 Å². The fraction of sp³-hybridized carbons (Fsp3) is 0.333. The topological polar surface area (TPSA) is 91.0 Å². The molecule has 2 rings (SSSR count). The largest absolute Gasteiger partial charge is 0.410 e. The van der Waals surface area contributed by atoms with Gasteiger partial charge in [-0.2, -0.15) is 0 Å². The summed E-state index contributed by atoms with van der Waals surface area (Å²) in [5.74, 6) is 0.255. The summed E-state index contributed by atoms with van der Waals surface area (Å²) in [5, 5.41) is 0. The van der Waals surface area contributed by atoms with E-state index in [4.69, 9.17) is 10.5 Å². The third kappa shape index (κ3) is 3.36. The summed E-state index contributed by atoms with van der Waals surface area (Å²) in [6.45, 7) is 7.54. The highest BCUT2D eigenvalue weighted by atomic mass is 19.1. The van der Waals surface area contributed by atoms with Crippen molar-refractivity contribution in [3.8, 4) is 17.1 Å². The minimum absolute atomic E-state index is 0.0684. The quantitative estimate of drug-likeness (QED) is 0.921. The number of aryl methyl sites for hydroxylation is 1. The van der Waals surface area contributed by atoms with Crippen LogP contribution in [0, 0.1) is 12.7 Å². The van der Waals surface area contributed by atoms with Crippen molar-refractivity contribution in [2.45, 2.75) is 33.1 Å². The van der Waals surface area contributed by atoms with E-state index in [9.17, 15) is 9.18 Å². The molecule has 0 aliphatic carbocycles. The van der Waals surface area contributed by atoms with E-state index < -0.39 is 11.9 Å². The molecule has 0 fully saturated rings. The summed E-state index contributed by atoms with van der Waals surface area (Å²) < 4.78 is 19.0. The highest BCUT2D eigenvalue weighted by Crippen LogP contribution is 2.28. The van der Waals surface area contributed by atoms with Gasteiger partial charge < -0.3 is 10.5 Å². The molecule has 0 spiro atoms. The Labute approximate surface area is 127 Å². The van der Waals surface area contributed by atoms with Gasteiger partial charge in [-0.25, -0.2) is 24.1 Å². The van der Waals surface area contributed by atoms with Gasteiger partial charge in [0.15, 0.2) is 5.82 Å². The Bertz CT molecular complexity index is 726. The first-order valence-corrected chi connectivity index (χ1v) is 6.66. The van der Waals surface area contributed by atoms with Gasteiger partial charge in [-0.1, -0.05) is 20.8 Å². The molecule has 2 aromatic rings. The van der Waals surface area contributed by atoms with Crippen molar-refractivity contribution in [2.75, 3.05) is 0 Å². The molecule has 0 aliphatic rings. The number of hydrogen-bond acceptors (Lipinski definition) is 5. The third-order valence-electron chi connectivity index (χ3n) is 2.96. The van der Waals surface area contributed by atoms with Crippen LogP contribution in [0.3, 0.4) is 0 Å². The lowest BCUT2D eigenvalue weighted by atomic mass is 9.96. The minimum Gasteiger partial charge on any atom is -0.410 e. The summed E-state index contributed by atoms with van der Waals surface area (Å²) in [5.41, 5.74) is 5.42. The molecule has 0 atom stereocenters. The zero-order valence-corrected chi connectivity index (χ0v) is 12.8. The number of nitrogens with zero attached hydrogens (tertiary/aromatic N) is 3. The van der Waals surface area contributed by atoms with Crippen molar-refractivity contribution < 1.29 is 13.9 Å². The van der Waals surface area contributed by atoms with E-state index in [0.717, 1.165) is 6.07 Å². The Morgan fingerprint density at radius 3 is 2.55 bits per heavy atom. The Hall–Kier alpha value is -2.57. The standard InChI is InChI=1S/C15H17FN4O2/c1-8-5-9(10(16)6-11(8)22-14(17)21)12-18-7-19-13(20-12)15(2,3)4/h5-7H,1-4H3,(H2,17,21). The number of amides is 1. The molecular formula is C15H17FN4O2. The van der Waals surface area contributed by atoms with Gasteiger partial charge in [-0.05, 0) is 18.6 Å². The van der Waals surface area contributed by atoms with Crippen LogP contribution >= 0.6 is 0 Å². The molecule has 1 aromatic heterocycles. The van der Waals surface area contributed by atoms with E-state index in [-0.39, 0.29) is 22.6 Å². The van der Waals surface area contributed by atoms with Crippen LogP contribution in [-0.4, -0.2) is 21.0 Å². The smallest absolute Gasteiger partial charge is 0.409 e. The highest BCUT2D eigenvalue weighted by molar-refractivity contribution is 5.69. The average Bonchev–Trinajstić information content (AvgIpc) is 2.41. The maximum absolute atomic E-state index is 14.3. The SMILES string of the molecule is Cc1cc(-c2ncnc(C(C)(C)C)n2)c(F)cc1OC(N)=O. The molecule has 0 aliphatic heterocycles. The first-order valence-electron chi connectivity index (χ1n) is 6.66. The molecule has 0 saturated heterocycles. The van der Waals surface area contributed by atoms with Crippen LogP contribution in [0.25, 0.3) is 11.4 Å². The molecule has 22 heavy (non-hydrogen) atoms. The van der Waals surface area contributed by atoms with E-state index in [2.05, 4.69) is 15.0 Å². The zero-order chi connectivity index (χ0) is 16.5. The van der Waals surface area contributed by atoms with E-state index in [1.807, 2.05) is 20.8 Å². The maximum atomic E-state index is 14.3. The molecule has 1 aromatic carbocycles. The molecule has 0 saturated carbocycles. The van der Waals surface area contributed by atoms with Crippen molar-refractivity contribution in [2.24, 2.45) is 5.73 Å². The number of ether oxygens (including phenoxy) is 1. The molecule has 0 unspecified atom stereocenters. The number of aromatic nitrogens is 3. The van der Waals surface area contributed by atoms with Crippen molar-refractivity contribution in [1.82, 2.24) is 15.0 Å². The lowest BCUT2D eigenvalue weighted by Crippen LogP contribution is -2.17. The van der Waals surface area contributed by atoms with E-state index >= 15 is 0 Å². The summed E-state index contributed by atoms with van der Waals surface area (Å²) in [7, 11) is 0. The molecule has 1 heterocycles. The van der Waals surface area contributed by atoms with E-state index in [1.54, 1.807) is 6.92 Å². The van der Waals surface area contributed by atoms with E-state index in [0.29, 0.717) is 11.4 Å². The molecule has 0 radical (unpaired) electrons. The molecule has 6 nitrogen and oxygen atoms in total. The Balaban J connectivity index is 2.50. The number of nitrogens with two attached hydrogens (primary N) is 1. The number of primary amides is 1. The first-order chi connectivity index (χ1) is 10.2. The highest BCUT2D eigenvalue weighted by Gasteiger charge is 2.20. The van der Waals surface area contributed by atoms with Gasteiger partial charge in [0, 0.05) is 11.5 Å². The monoisotopic (exact) mass is 304 g/mol. The number of hydrogen-bond donors (Lipinski definition) is 1. The van der Waals surface area contributed by atoms with Gasteiger partial charge in [0.1, 0.15) is 23.7 Å². The second-order valence-electron chi connectivity index (χ2n) is 5.90. The zero-order valence-electron chi connectivity index (χ0n) is 12.8. The summed E-state index contributed by atoms with van der Waals surface area (Å²) >= 11 is 0. The fourth-order valence-electron chi connectivity index (χ4n) is 1.84. The van der Waals surface area contributed by atoms with Crippen LogP contribution < -0.4 is 10.5 Å².